The van der Waals surface area contributed by atoms with Crippen molar-refractivity contribution in [2.75, 3.05) is 13.2 Å². The lowest BCUT2D eigenvalue weighted by atomic mass is 9.47. The number of ether oxygens (including phenoxy) is 1. The van der Waals surface area contributed by atoms with Crippen molar-refractivity contribution in [2.24, 2.45) is 22.7 Å². The molecule has 2 saturated carbocycles. The van der Waals surface area contributed by atoms with Crippen molar-refractivity contribution < 1.29 is 19.7 Å². The SMILES string of the molecule is C=C1CCC2C(C)(C)CCCC2(C)C1CCC(C)=CC(=O)OC(CO)CO. The first-order valence-electron chi connectivity index (χ1n) is 10.4. The molecule has 4 nitrogen and oxygen atoms in total. The molecule has 2 aliphatic rings. The summed E-state index contributed by atoms with van der Waals surface area (Å²) in [6.07, 6.45) is 8.74. The largest absolute Gasteiger partial charge is 0.454 e. The predicted octanol–water partition coefficient (Wildman–Crippen LogP) is 4.41. The Morgan fingerprint density at radius 2 is 1.96 bits per heavy atom. The van der Waals surface area contributed by atoms with Crippen molar-refractivity contribution in [3.05, 3.63) is 23.8 Å². The number of carbonyl (C=O) groups excluding carboxylic acids is 1. The summed E-state index contributed by atoms with van der Waals surface area (Å²) < 4.78 is 5.03. The molecule has 2 N–H and O–H groups in total. The van der Waals surface area contributed by atoms with Gasteiger partial charge in [-0.25, -0.2) is 4.79 Å². The topological polar surface area (TPSA) is 66.8 Å². The smallest absolute Gasteiger partial charge is 0.331 e. The third-order valence-corrected chi connectivity index (χ3v) is 7.20. The standard InChI is InChI=1S/C23H38O4/c1-16(13-21(26)27-18(14-24)15-25)7-9-19-17(2)8-10-20-22(3,4)11-6-12-23(19,20)5/h13,18-20,24-25H,2,6-12,14-15H2,1,3-5H3. The van der Waals surface area contributed by atoms with Crippen LogP contribution in [0.2, 0.25) is 0 Å². The highest BCUT2D eigenvalue weighted by Gasteiger charge is 2.52. The van der Waals surface area contributed by atoms with Crippen LogP contribution in [-0.4, -0.2) is 35.5 Å². The van der Waals surface area contributed by atoms with Gasteiger partial charge in [0.2, 0.25) is 0 Å². The van der Waals surface area contributed by atoms with Crippen molar-refractivity contribution in [2.45, 2.75) is 78.7 Å². The molecule has 0 aromatic heterocycles. The predicted molar refractivity (Wildman–Crippen MR) is 108 cm³/mol. The highest BCUT2D eigenvalue weighted by molar-refractivity contribution is 5.82. The van der Waals surface area contributed by atoms with E-state index in [2.05, 4.69) is 27.4 Å². The van der Waals surface area contributed by atoms with E-state index in [1.807, 2.05) is 6.92 Å². The third kappa shape index (κ3) is 5.03. The summed E-state index contributed by atoms with van der Waals surface area (Å²) in [6, 6.07) is 0. The molecule has 0 amide bonds. The van der Waals surface area contributed by atoms with Crippen LogP contribution in [0.5, 0.6) is 0 Å². The quantitative estimate of drug-likeness (QED) is 0.391. The maximum atomic E-state index is 11.9. The van der Waals surface area contributed by atoms with Crippen LogP contribution in [0.3, 0.4) is 0 Å². The number of fused-ring (bicyclic) bond motifs is 1. The Labute approximate surface area is 164 Å². The van der Waals surface area contributed by atoms with Gasteiger partial charge in [-0.3, -0.25) is 0 Å². The lowest BCUT2D eigenvalue weighted by Crippen LogP contribution is -2.49. The van der Waals surface area contributed by atoms with E-state index in [0.717, 1.165) is 30.8 Å². The maximum absolute atomic E-state index is 11.9. The third-order valence-electron chi connectivity index (χ3n) is 7.20. The second kappa shape index (κ2) is 8.91. The Morgan fingerprint density at radius 3 is 2.59 bits per heavy atom. The molecule has 0 saturated heterocycles. The average molecular weight is 379 g/mol. The fourth-order valence-corrected chi connectivity index (χ4v) is 5.78. The molecule has 2 rings (SSSR count). The summed E-state index contributed by atoms with van der Waals surface area (Å²) in [6.45, 7) is 13.0. The zero-order valence-corrected chi connectivity index (χ0v) is 17.6. The molecule has 3 unspecified atom stereocenters. The van der Waals surface area contributed by atoms with E-state index in [9.17, 15) is 4.79 Å². The van der Waals surface area contributed by atoms with Crippen LogP contribution in [0.15, 0.2) is 23.8 Å². The van der Waals surface area contributed by atoms with E-state index >= 15 is 0 Å². The van der Waals surface area contributed by atoms with Crippen molar-refractivity contribution >= 4 is 5.97 Å². The minimum absolute atomic E-state index is 0.302. The Bertz CT molecular complexity index is 573. The van der Waals surface area contributed by atoms with Crippen LogP contribution in [0, 0.1) is 22.7 Å². The number of aliphatic hydroxyl groups is 2. The van der Waals surface area contributed by atoms with Gasteiger partial charge in [-0.2, -0.15) is 0 Å². The molecule has 154 valence electrons. The Hall–Kier alpha value is -1.13. The van der Waals surface area contributed by atoms with Gasteiger partial charge in [0.05, 0.1) is 13.2 Å². The van der Waals surface area contributed by atoms with Gasteiger partial charge >= 0.3 is 5.97 Å². The molecule has 3 atom stereocenters. The van der Waals surface area contributed by atoms with Gasteiger partial charge in [0.1, 0.15) is 6.10 Å². The molecule has 2 fully saturated rings. The Kier molecular flexibility index (Phi) is 7.32. The second-order valence-corrected chi connectivity index (χ2v) is 9.60. The molecule has 0 heterocycles. The normalized spacial score (nSPS) is 30.9. The molecule has 2 aliphatic carbocycles. The molecule has 0 aromatic rings. The van der Waals surface area contributed by atoms with Crippen molar-refractivity contribution in [1.29, 1.82) is 0 Å². The molecule has 0 radical (unpaired) electrons. The first-order valence-corrected chi connectivity index (χ1v) is 10.4. The van der Waals surface area contributed by atoms with Crippen molar-refractivity contribution in [3.8, 4) is 0 Å². The van der Waals surface area contributed by atoms with Crippen LogP contribution >= 0.6 is 0 Å². The van der Waals surface area contributed by atoms with Gasteiger partial charge in [0, 0.05) is 6.08 Å². The number of aliphatic hydroxyl groups excluding tert-OH is 2. The molecule has 0 aliphatic heterocycles. The maximum Gasteiger partial charge on any atom is 0.331 e. The average Bonchev–Trinajstić information content (AvgIpc) is 2.58. The highest BCUT2D eigenvalue weighted by atomic mass is 16.6. The summed E-state index contributed by atoms with van der Waals surface area (Å²) in [5.74, 6) is 0.738. The summed E-state index contributed by atoms with van der Waals surface area (Å²) in [7, 11) is 0. The molecule has 27 heavy (non-hydrogen) atoms. The number of esters is 1. The van der Waals surface area contributed by atoms with Crippen LogP contribution in [0.4, 0.5) is 0 Å². The summed E-state index contributed by atoms with van der Waals surface area (Å²) in [5, 5.41) is 18.0. The van der Waals surface area contributed by atoms with E-state index in [-0.39, 0.29) is 13.2 Å². The first-order chi connectivity index (χ1) is 12.6. The van der Waals surface area contributed by atoms with Gasteiger partial charge in [0.25, 0.3) is 0 Å². The minimum atomic E-state index is -0.844. The van der Waals surface area contributed by atoms with Crippen molar-refractivity contribution in [3.63, 3.8) is 0 Å². The van der Waals surface area contributed by atoms with Gasteiger partial charge in [-0.15, -0.1) is 0 Å². The Morgan fingerprint density at radius 1 is 1.30 bits per heavy atom. The minimum Gasteiger partial charge on any atom is -0.454 e. The van der Waals surface area contributed by atoms with E-state index in [4.69, 9.17) is 14.9 Å². The summed E-state index contributed by atoms with van der Waals surface area (Å²) in [5.41, 5.74) is 3.05. The van der Waals surface area contributed by atoms with Crippen LogP contribution in [0.25, 0.3) is 0 Å². The molecule has 0 aromatic carbocycles. The lowest BCUT2D eigenvalue weighted by Gasteiger charge is -2.58. The molecular weight excluding hydrogens is 340 g/mol. The lowest BCUT2D eigenvalue weighted by molar-refractivity contribution is -0.147. The highest BCUT2D eigenvalue weighted by Crippen LogP contribution is 2.61. The first kappa shape index (κ1) is 22.2. The fourth-order valence-electron chi connectivity index (χ4n) is 5.78. The molecule has 4 heteroatoms. The van der Waals surface area contributed by atoms with Crippen molar-refractivity contribution in [1.82, 2.24) is 0 Å². The summed E-state index contributed by atoms with van der Waals surface area (Å²) >= 11 is 0. The Balaban J connectivity index is 2.03. The van der Waals surface area contributed by atoms with Crippen LogP contribution in [-0.2, 0) is 9.53 Å². The van der Waals surface area contributed by atoms with Gasteiger partial charge in [0.15, 0.2) is 0 Å². The summed E-state index contributed by atoms with van der Waals surface area (Å²) in [4.78, 5) is 11.9. The zero-order chi connectivity index (χ0) is 20.2. The fraction of sp³-hybridized carbons (Fsp3) is 0.783. The van der Waals surface area contributed by atoms with E-state index in [1.54, 1.807) is 0 Å². The van der Waals surface area contributed by atoms with Crippen LogP contribution in [0.1, 0.15) is 72.6 Å². The van der Waals surface area contributed by atoms with E-state index in [0.29, 0.717) is 16.7 Å². The van der Waals surface area contributed by atoms with E-state index in [1.165, 1.54) is 37.3 Å². The van der Waals surface area contributed by atoms with Gasteiger partial charge in [-0.05, 0) is 68.1 Å². The molecular formula is C23H38O4. The monoisotopic (exact) mass is 378 g/mol. The molecule has 0 spiro atoms. The number of rotatable bonds is 7. The van der Waals surface area contributed by atoms with Crippen LogP contribution < -0.4 is 0 Å². The number of hydrogen-bond donors (Lipinski definition) is 2. The zero-order valence-electron chi connectivity index (χ0n) is 17.6. The van der Waals surface area contributed by atoms with Gasteiger partial charge < -0.3 is 14.9 Å². The van der Waals surface area contributed by atoms with E-state index < -0.39 is 12.1 Å². The number of carbonyl (C=O) groups is 1. The second-order valence-electron chi connectivity index (χ2n) is 9.60. The number of allylic oxidation sites excluding steroid dienone is 2. The van der Waals surface area contributed by atoms with Gasteiger partial charge in [-0.1, -0.05) is 44.9 Å². The number of hydrogen-bond acceptors (Lipinski definition) is 4. The molecule has 0 bridgehead atoms.